The number of ether oxygens (including phenoxy) is 1. The largest absolute Gasteiger partial charge is 0.379 e. The third kappa shape index (κ3) is 5.79. The van der Waals surface area contributed by atoms with Crippen LogP contribution in [0.25, 0.3) is 0 Å². The summed E-state index contributed by atoms with van der Waals surface area (Å²) in [6.45, 7) is 3.18. The molecule has 2 amide bonds. The van der Waals surface area contributed by atoms with E-state index in [0.717, 1.165) is 18.7 Å². The van der Waals surface area contributed by atoms with Crippen molar-refractivity contribution in [3.8, 4) is 0 Å². The number of morpholine rings is 1. The van der Waals surface area contributed by atoms with Crippen molar-refractivity contribution >= 4 is 29.1 Å². The van der Waals surface area contributed by atoms with E-state index in [1.54, 1.807) is 48.5 Å². The first kappa shape index (κ1) is 23.0. The van der Waals surface area contributed by atoms with Gasteiger partial charge in [-0.25, -0.2) is 0 Å². The standard InChI is InChI=1S/C26H26ClN3O3/c27-22-12-6-4-10-20(22)24(30-14-16-33-17-15-30)18-28-26(32)21-11-5-7-13-23(21)29-25(31)19-8-2-1-3-9-19/h1-13,24H,14-18H2,(H,28,32)(H,29,31). The number of hydrogen-bond acceptors (Lipinski definition) is 4. The number of amides is 2. The molecule has 7 heteroatoms. The molecule has 0 bridgehead atoms. The lowest BCUT2D eigenvalue weighted by atomic mass is 10.0. The van der Waals surface area contributed by atoms with Gasteiger partial charge < -0.3 is 15.4 Å². The first-order valence-electron chi connectivity index (χ1n) is 10.9. The molecule has 2 N–H and O–H groups in total. The molecule has 33 heavy (non-hydrogen) atoms. The first-order valence-corrected chi connectivity index (χ1v) is 11.3. The van der Waals surface area contributed by atoms with E-state index in [1.807, 2.05) is 30.3 Å². The van der Waals surface area contributed by atoms with Gasteiger partial charge in [0.2, 0.25) is 0 Å². The Balaban J connectivity index is 1.50. The Hall–Kier alpha value is -3.19. The summed E-state index contributed by atoms with van der Waals surface area (Å²) in [6.07, 6.45) is 0. The average Bonchev–Trinajstić information content (AvgIpc) is 2.86. The van der Waals surface area contributed by atoms with Crippen molar-refractivity contribution in [2.24, 2.45) is 0 Å². The highest BCUT2D eigenvalue weighted by molar-refractivity contribution is 6.31. The van der Waals surface area contributed by atoms with Crippen LogP contribution in [0.15, 0.2) is 78.9 Å². The molecule has 4 rings (SSSR count). The predicted octanol–water partition coefficient (Wildman–Crippen LogP) is 4.40. The second kappa shape index (κ2) is 11.1. The van der Waals surface area contributed by atoms with Crippen LogP contribution in [0.4, 0.5) is 5.69 Å². The minimum Gasteiger partial charge on any atom is -0.379 e. The Bertz CT molecular complexity index is 1100. The van der Waals surface area contributed by atoms with Crippen LogP contribution < -0.4 is 10.6 Å². The van der Waals surface area contributed by atoms with Gasteiger partial charge in [-0.05, 0) is 35.9 Å². The van der Waals surface area contributed by atoms with Gasteiger partial charge in [0.25, 0.3) is 11.8 Å². The number of nitrogens with one attached hydrogen (secondary N) is 2. The molecule has 1 unspecified atom stereocenters. The van der Waals surface area contributed by atoms with Gasteiger partial charge >= 0.3 is 0 Å². The summed E-state index contributed by atoms with van der Waals surface area (Å²) < 4.78 is 5.50. The molecule has 1 saturated heterocycles. The second-order valence-corrected chi connectivity index (χ2v) is 8.17. The van der Waals surface area contributed by atoms with Crippen LogP contribution in [0.3, 0.4) is 0 Å². The van der Waals surface area contributed by atoms with E-state index >= 15 is 0 Å². The van der Waals surface area contributed by atoms with Crippen molar-refractivity contribution < 1.29 is 14.3 Å². The molecule has 0 spiro atoms. The van der Waals surface area contributed by atoms with Crippen LogP contribution in [0.2, 0.25) is 5.02 Å². The summed E-state index contributed by atoms with van der Waals surface area (Å²) in [6, 6.07) is 23.5. The zero-order valence-electron chi connectivity index (χ0n) is 18.2. The molecule has 0 aromatic heterocycles. The van der Waals surface area contributed by atoms with Gasteiger partial charge in [-0.3, -0.25) is 14.5 Å². The Morgan fingerprint density at radius 1 is 0.879 bits per heavy atom. The van der Waals surface area contributed by atoms with Crippen molar-refractivity contribution in [2.75, 3.05) is 38.2 Å². The molecule has 0 radical (unpaired) electrons. The molecular formula is C26H26ClN3O3. The lowest BCUT2D eigenvalue weighted by molar-refractivity contribution is 0.0162. The van der Waals surface area contributed by atoms with Gasteiger partial charge in [-0.1, -0.05) is 60.1 Å². The monoisotopic (exact) mass is 463 g/mol. The molecule has 3 aromatic rings. The van der Waals surface area contributed by atoms with E-state index in [1.165, 1.54) is 0 Å². The average molecular weight is 464 g/mol. The molecule has 1 aliphatic heterocycles. The highest BCUT2D eigenvalue weighted by Gasteiger charge is 2.25. The summed E-state index contributed by atoms with van der Waals surface area (Å²) in [5.74, 6) is -0.526. The van der Waals surface area contributed by atoms with Crippen LogP contribution >= 0.6 is 11.6 Å². The Labute approximate surface area is 198 Å². The SMILES string of the molecule is O=C(Nc1ccccc1C(=O)NCC(c1ccccc1Cl)N1CCOCC1)c1ccccc1. The summed E-state index contributed by atoms with van der Waals surface area (Å²) in [5, 5.41) is 6.56. The zero-order chi connectivity index (χ0) is 23.0. The number of carbonyl (C=O) groups is 2. The van der Waals surface area contributed by atoms with Crippen molar-refractivity contribution in [2.45, 2.75) is 6.04 Å². The molecular weight excluding hydrogens is 438 g/mol. The second-order valence-electron chi connectivity index (χ2n) is 7.76. The third-order valence-electron chi connectivity index (χ3n) is 5.66. The van der Waals surface area contributed by atoms with Gasteiger partial charge in [-0.15, -0.1) is 0 Å². The summed E-state index contributed by atoms with van der Waals surface area (Å²) in [4.78, 5) is 28.0. The number of anilines is 1. The van der Waals surface area contributed by atoms with Gasteiger partial charge in [0, 0.05) is 30.2 Å². The van der Waals surface area contributed by atoms with E-state index in [9.17, 15) is 9.59 Å². The van der Waals surface area contributed by atoms with Crippen molar-refractivity contribution in [3.05, 3.63) is 101 Å². The van der Waals surface area contributed by atoms with Crippen LogP contribution in [0.1, 0.15) is 32.3 Å². The van der Waals surface area contributed by atoms with Crippen molar-refractivity contribution in [1.82, 2.24) is 10.2 Å². The number of nitrogens with zero attached hydrogens (tertiary/aromatic N) is 1. The quantitative estimate of drug-likeness (QED) is 0.545. The molecule has 6 nitrogen and oxygen atoms in total. The number of benzene rings is 3. The zero-order valence-corrected chi connectivity index (χ0v) is 18.9. The Morgan fingerprint density at radius 3 is 2.30 bits per heavy atom. The fourth-order valence-electron chi connectivity index (χ4n) is 3.93. The van der Waals surface area contributed by atoms with Gasteiger partial charge in [-0.2, -0.15) is 0 Å². The van der Waals surface area contributed by atoms with Crippen LogP contribution in [0.5, 0.6) is 0 Å². The van der Waals surface area contributed by atoms with E-state index in [4.69, 9.17) is 16.3 Å². The maximum atomic E-state index is 13.1. The molecule has 0 aliphatic carbocycles. The molecule has 1 aliphatic rings. The molecule has 0 saturated carbocycles. The fraction of sp³-hybridized carbons (Fsp3) is 0.231. The summed E-state index contributed by atoms with van der Waals surface area (Å²) >= 11 is 6.49. The normalized spacial score (nSPS) is 14.9. The molecule has 1 atom stereocenters. The fourth-order valence-corrected chi connectivity index (χ4v) is 4.19. The van der Waals surface area contributed by atoms with E-state index < -0.39 is 0 Å². The highest BCUT2D eigenvalue weighted by Crippen LogP contribution is 2.28. The Kier molecular flexibility index (Phi) is 7.73. The maximum absolute atomic E-state index is 13.1. The van der Waals surface area contributed by atoms with Gasteiger partial charge in [0.05, 0.1) is 30.5 Å². The summed E-state index contributed by atoms with van der Waals surface area (Å²) in [7, 11) is 0. The number of para-hydroxylation sites is 1. The van der Waals surface area contributed by atoms with E-state index in [2.05, 4.69) is 15.5 Å². The topological polar surface area (TPSA) is 70.7 Å². The first-order chi connectivity index (χ1) is 16.1. The van der Waals surface area contributed by atoms with Crippen LogP contribution in [-0.4, -0.2) is 49.6 Å². The molecule has 170 valence electrons. The Morgan fingerprint density at radius 2 is 1.55 bits per heavy atom. The lowest BCUT2D eigenvalue weighted by Crippen LogP contribution is -2.44. The van der Waals surface area contributed by atoms with Crippen molar-refractivity contribution in [3.63, 3.8) is 0 Å². The van der Waals surface area contributed by atoms with E-state index in [0.29, 0.717) is 41.6 Å². The predicted molar refractivity (Wildman–Crippen MR) is 130 cm³/mol. The lowest BCUT2D eigenvalue weighted by Gasteiger charge is -2.35. The van der Waals surface area contributed by atoms with Gasteiger partial charge in [0.1, 0.15) is 0 Å². The number of carbonyl (C=O) groups excluding carboxylic acids is 2. The molecule has 1 fully saturated rings. The van der Waals surface area contributed by atoms with Crippen LogP contribution in [-0.2, 0) is 4.74 Å². The van der Waals surface area contributed by atoms with Crippen LogP contribution in [0, 0.1) is 0 Å². The number of rotatable bonds is 7. The maximum Gasteiger partial charge on any atom is 0.255 e. The molecule has 3 aromatic carbocycles. The smallest absolute Gasteiger partial charge is 0.255 e. The van der Waals surface area contributed by atoms with Gasteiger partial charge in [0.15, 0.2) is 0 Å². The minimum absolute atomic E-state index is 0.0855. The third-order valence-corrected chi connectivity index (χ3v) is 6.01. The summed E-state index contributed by atoms with van der Waals surface area (Å²) in [5.41, 5.74) is 2.36. The highest BCUT2D eigenvalue weighted by atomic mass is 35.5. The van der Waals surface area contributed by atoms with Crippen molar-refractivity contribution in [1.29, 1.82) is 0 Å². The van der Waals surface area contributed by atoms with E-state index in [-0.39, 0.29) is 17.9 Å². The minimum atomic E-state index is -0.266. The number of hydrogen-bond donors (Lipinski definition) is 2. The number of halogens is 1. The molecule has 1 heterocycles.